The number of ether oxygens (including phenoxy) is 1. The first-order chi connectivity index (χ1) is 19.5. The maximum atomic E-state index is 8.12. The van der Waals surface area contributed by atoms with E-state index in [0.29, 0.717) is 17.4 Å². The summed E-state index contributed by atoms with van der Waals surface area (Å²) < 4.78 is 32.8. The molecule has 4 atom stereocenters. The average Bonchev–Trinajstić information content (AvgIpc) is 3.73. The fourth-order valence-corrected chi connectivity index (χ4v) is 6.44. The number of pyridine rings is 1. The van der Waals surface area contributed by atoms with Crippen molar-refractivity contribution in [2.45, 2.75) is 18.5 Å². The van der Waals surface area contributed by atoms with Gasteiger partial charge in [-0.1, -0.05) is 41.9 Å². The first-order valence-electron chi connectivity index (χ1n) is 14.1. The van der Waals surface area contributed by atoms with Gasteiger partial charge < -0.3 is 19.1 Å². The number of aromatic nitrogens is 2. The quantitative estimate of drug-likeness (QED) is 0.163. The second kappa shape index (κ2) is 9.11. The number of anilines is 1. The van der Waals surface area contributed by atoms with Crippen LogP contribution in [-0.2, 0) is 21.1 Å². The van der Waals surface area contributed by atoms with Crippen LogP contribution in [0.15, 0.2) is 91.1 Å². The summed E-state index contributed by atoms with van der Waals surface area (Å²) in [5.74, 6) is 2.50. The molecule has 2 unspecified atom stereocenters. The van der Waals surface area contributed by atoms with Gasteiger partial charge in [-0.25, -0.2) is 4.98 Å². The first kappa shape index (κ1) is 20.5. The number of para-hydroxylation sites is 1. The summed E-state index contributed by atoms with van der Waals surface area (Å²) in [7, 11) is 0. The van der Waals surface area contributed by atoms with Crippen LogP contribution in [0.5, 0.6) is 11.5 Å². The van der Waals surface area contributed by atoms with E-state index in [1.807, 2.05) is 54.6 Å². The Kier molecular flexibility index (Phi) is 4.93. The molecular weight excluding hydrogens is 651 g/mol. The van der Waals surface area contributed by atoms with Gasteiger partial charge in [0, 0.05) is 60.5 Å². The molecule has 3 heterocycles. The standard InChI is InChI=1S/C32H25N4O.Pt/c1-34-20-35(32-22-13-12-21(17-22)31(32)34)23-7-6-8-24(18-23)37-25-14-15-27-26-9-2-3-10-28(26)36(29(27)19-25)30-11-4-5-16-33-30;/h2-16,20-22,31-32H,17H2,1H3;/q-3;/t21?,22-,31?,32+;/m1./s1/i1D3;. The van der Waals surface area contributed by atoms with Gasteiger partial charge in [0.2, 0.25) is 0 Å². The number of nitrogens with zero attached hydrogens (tertiary/aromatic N) is 4. The number of rotatable bonds is 4. The summed E-state index contributed by atoms with van der Waals surface area (Å²) in [4.78, 5) is 8.23. The minimum absolute atomic E-state index is 0. The second-order valence-electron chi connectivity index (χ2n) is 9.99. The summed E-state index contributed by atoms with van der Waals surface area (Å²) in [6.45, 7) is -0.436. The Labute approximate surface area is 240 Å². The largest absolute Gasteiger partial charge is 0.525 e. The molecule has 6 heteroatoms. The topological polar surface area (TPSA) is 33.5 Å². The van der Waals surface area contributed by atoms with Crippen LogP contribution in [0.2, 0.25) is 0 Å². The number of benzene rings is 3. The number of hydrogen-bond acceptors (Lipinski definition) is 4. The molecule has 1 aliphatic heterocycles. The summed E-state index contributed by atoms with van der Waals surface area (Å²) >= 11 is 0. The first-order valence-corrected chi connectivity index (χ1v) is 12.6. The van der Waals surface area contributed by atoms with Gasteiger partial charge in [-0.15, -0.1) is 35.3 Å². The van der Waals surface area contributed by atoms with Crippen LogP contribution >= 0.6 is 0 Å². The molecule has 2 fully saturated rings. The van der Waals surface area contributed by atoms with Crippen molar-refractivity contribution in [2.24, 2.45) is 11.8 Å². The van der Waals surface area contributed by atoms with Crippen molar-refractivity contribution in [3.05, 3.63) is 110 Å². The van der Waals surface area contributed by atoms with Crippen molar-refractivity contribution in [3.8, 4) is 17.3 Å². The Bertz CT molecular complexity index is 1790. The Morgan fingerprint density at radius 2 is 1.74 bits per heavy atom. The number of likely N-dealkylation sites (N-methyl/N-ethyl adjacent to an activating group) is 1. The minimum atomic E-state index is -2.19. The molecule has 2 bridgehead atoms. The van der Waals surface area contributed by atoms with Crippen LogP contribution in [0, 0.1) is 30.6 Å². The van der Waals surface area contributed by atoms with E-state index in [-0.39, 0.29) is 39.1 Å². The van der Waals surface area contributed by atoms with Gasteiger partial charge in [0.25, 0.3) is 0 Å². The normalized spacial score (nSPS) is 25.3. The zero-order valence-corrected chi connectivity index (χ0v) is 22.5. The maximum Gasteiger partial charge on any atom is 0.135 e. The molecule has 2 aromatic heterocycles. The fourth-order valence-electron chi connectivity index (χ4n) is 6.44. The molecule has 1 saturated heterocycles. The third kappa shape index (κ3) is 3.56. The minimum Gasteiger partial charge on any atom is -0.525 e. The molecule has 3 aliphatic rings. The molecule has 38 heavy (non-hydrogen) atoms. The van der Waals surface area contributed by atoms with E-state index in [0.717, 1.165) is 39.7 Å². The van der Waals surface area contributed by atoms with E-state index in [9.17, 15) is 0 Å². The smallest absolute Gasteiger partial charge is 0.135 e. The van der Waals surface area contributed by atoms with Gasteiger partial charge in [-0.05, 0) is 48.8 Å². The Morgan fingerprint density at radius 3 is 2.61 bits per heavy atom. The summed E-state index contributed by atoms with van der Waals surface area (Å²) in [6.07, 6.45) is 7.19. The van der Waals surface area contributed by atoms with E-state index < -0.39 is 6.98 Å². The summed E-state index contributed by atoms with van der Waals surface area (Å²) in [5, 5.41) is 2.19. The molecule has 0 spiro atoms. The van der Waals surface area contributed by atoms with Crippen LogP contribution in [0.1, 0.15) is 10.5 Å². The molecule has 0 N–H and O–H groups in total. The van der Waals surface area contributed by atoms with E-state index in [1.165, 1.54) is 0 Å². The number of fused-ring (bicyclic) bond motifs is 8. The Hall–Kier alpha value is -3.40. The molecule has 0 amide bonds. The van der Waals surface area contributed by atoms with Gasteiger partial charge in [0.05, 0.1) is 0 Å². The van der Waals surface area contributed by atoms with Crippen molar-refractivity contribution < 1.29 is 29.9 Å². The number of hydrogen-bond donors (Lipinski definition) is 0. The van der Waals surface area contributed by atoms with Gasteiger partial charge in [0.1, 0.15) is 5.82 Å². The average molecular weight is 680 g/mol. The van der Waals surface area contributed by atoms with E-state index in [1.54, 1.807) is 17.8 Å². The van der Waals surface area contributed by atoms with Crippen molar-refractivity contribution >= 4 is 27.5 Å². The molecule has 8 rings (SSSR count). The van der Waals surface area contributed by atoms with Crippen LogP contribution in [0.25, 0.3) is 27.6 Å². The van der Waals surface area contributed by atoms with Crippen LogP contribution < -0.4 is 9.64 Å². The maximum absolute atomic E-state index is 8.12. The van der Waals surface area contributed by atoms with Crippen molar-refractivity contribution in [2.75, 3.05) is 11.9 Å². The van der Waals surface area contributed by atoms with Crippen molar-refractivity contribution in [1.29, 1.82) is 0 Å². The van der Waals surface area contributed by atoms with Crippen LogP contribution in [-0.4, -0.2) is 33.5 Å². The summed E-state index contributed by atoms with van der Waals surface area (Å²) in [6, 6.07) is 30.7. The Balaban J connectivity index is 0.00000276. The van der Waals surface area contributed by atoms with E-state index in [2.05, 4.69) is 56.9 Å². The zero-order valence-electron chi connectivity index (χ0n) is 23.3. The fraction of sp³-hybridized carbons (Fsp3) is 0.188. The third-order valence-electron chi connectivity index (χ3n) is 7.95. The SMILES string of the molecule is [2H]C([2H])([2H])N1[CH-]N(c2[c-]c(Oc3[c-]c4c(cc3)c3ccccc3n4-c3ccccn3)ccc2)[C@@H]2C1C1C=C[C@@H]2C1.[Pt]. The predicted octanol–water partition coefficient (Wildman–Crippen LogP) is 6.38. The van der Waals surface area contributed by atoms with Gasteiger partial charge in [-0.2, -0.15) is 24.9 Å². The molecule has 0 radical (unpaired) electrons. The molecular formula is C32H25N4OPt-3. The second-order valence-corrected chi connectivity index (χ2v) is 9.99. The third-order valence-corrected chi connectivity index (χ3v) is 7.95. The monoisotopic (exact) mass is 679 g/mol. The molecule has 1 saturated carbocycles. The van der Waals surface area contributed by atoms with Gasteiger partial charge in [-0.3, -0.25) is 0 Å². The summed E-state index contributed by atoms with van der Waals surface area (Å²) in [5.41, 5.74) is 2.73. The van der Waals surface area contributed by atoms with Gasteiger partial charge in [0.15, 0.2) is 0 Å². The van der Waals surface area contributed by atoms with Crippen molar-refractivity contribution in [3.63, 3.8) is 0 Å². The van der Waals surface area contributed by atoms with Gasteiger partial charge >= 0.3 is 0 Å². The molecule has 5 nitrogen and oxygen atoms in total. The van der Waals surface area contributed by atoms with Crippen LogP contribution in [0.3, 0.4) is 0 Å². The van der Waals surface area contributed by atoms with E-state index >= 15 is 0 Å². The molecule has 3 aromatic carbocycles. The predicted molar refractivity (Wildman–Crippen MR) is 146 cm³/mol. The molecule has 5 aromatic rings. The zero-order chi connectivity index (χ0) is 27.0. The Morgan fingerprint density at radius 1 is 0.895 bits per heavy atom. The molecule has 192 valence electrons. The van der Waals surface area contributed by atoms with Crippen molar-refractivity contribution in [1.82, 2.24) is 14.5 Å². The van der Waals surface area contributed by atoms with E-state index in [4.69, 9.17) is 8.85 Å². The van der Waals surface area contributed by atoms with Crippen LogP contribution in [0.4, 0.5) is 5.69 Å². The molecule has 2 aliphatic carbocycles.